The van der Waals surface area contributed by atoms with Crippen molar-refractivity contribution in [2.75, 3.05) is 0 Å². The highest BCUT2D eigenvalue weighted by atomic mass is 16.5. The predicted octanol–water partition coefficient (Wildman–Crippen LogP) is -1.06. The molecule has 0 aliphatic carbocycles. The van der Waals surface area contributed by atoms with Crippen molar-refractivity contribution in [3.05, 3.63) is 24.0 Å². The van der Waals surface area contributed by atoms with E-state index in [4.69, 9.17) is 15.9 Å². The van der Waals surface area contributed by atoms with Crippen LogP contribution in [0.4, 0.5) is 0 Å². The molecule has 1 atom stereocenters. The number of rotatable bonds is 5. The fraction of sp³-hybridized carbons (Fsp3) is 0.250. The summed E-state index contributed by atoms with van der Waals surface area (Å²) in [5, 5.41) is 16.9. The van der Waals surface area contributed by atoms with E-state index in [1.165, 1.54) is 6.20 Å². The summed E-state index contributed by atoms with van der Waals surface area (Å²) in [7, 11) is 0.541. The van der Waals surface area contributed by atoms with Gasteiger partial charge in [0.25, 0.3) is 0 Å². The first-order chi connectivity index (χ1) is 7.13. The number of carboxylic acids is 1. The van der Waals surface area contributed by atoms with Crippen molar-refractivity contribution in [1.29, 1.82) is 0 Å². The zero-order valence-corrected chi connectivity index (χ0v) is 7.83. The molecule has 0 amide bonds. The van der Waals surface area contributed by atoms with E-state index in [2.05, 4.69) is 9.64 Å². The van der Waals surface area contributed by atoms with E-state index < -0.39 is 12.0 Å². The van der Waals surface area contributed by atoms with E-state index in [9.17, 15) is 4.79 Å². The summed E-state index contributed by atoms with van der Waals surface area (Å²) in [6.07, 6.45) is 1.52. The molecule has 0 unspecified atom stereocenters. The van der Waals surface area contributed by atoms with E-state index >= 15 is 0 Å². The Labute approximate surface area is 87.0 Å². The number of nitrogens with zero attached hydrogens (tertiary/aromatic N) is 1. The fourth-order valence-corrected chi connectivity index (χ4v) is 0.975. The number of nitrogens with two attached hydrogens (primary N) is 1. The van der Waals surface area contributed by atoms with Crippen LogP contribution < -0.4 is 10.4 Å². The van der Waals surface area contributed by atoms with E-state index in [1.807, 2.05) is 0 Å². The first kappa shape index (κ1) is 11.5. The van der Waals surface area contributed by atoms with Crippen LogP contribution in [0.15, 0.2) is 18.3 Å². The van der Waals surface area contributed by atoms with Crippen LogP contribution in [0.25, 0.3) is 0 Å². The molecule has 4 N–H and O–H groups in total. The lowest BCUT2D eigenvalue weighted by Gasteiger charge is -2.06. The van der Waals surface area contributed by atoms with Gasteiger partial charge < -0.3 is 20.5 Å². The molecule has 1 heterocycles. The molecule has 0 spiro atoms. The Morgan fingerprint density at radius 2 is 2.40 bits per heavy atom. The van der Waals surface area contributed by atoms with E-state index in [1.54, 1.807) is 12.1 Å². The number of carbonyl (C=O) groups is 1. The van der Waals surface area contributed by atoms with Gasteiger partial charge in [0, 0.05) is 12.1 Å². The minimum atomic E-state index is -1.07. The van der Waals surface area contributed by atoms with Crippen molar-refractivity contribution < 1.29 is 19.6 Å². The molecule has 0 aliphatic heterocycles. The molecule has 1 radical (unpaired) electrons. The maximum Gasteiger partial charge on any atom is 0.569 e. The molecule has 1 rings (SSSR count). The van der Waals surface area contributed by atoms with Crippen molar-refractivity contribution in [3.63, 3.8) is 0 Å². The molecular formula is C8H10BN2O4. The molecule has 7 heteroatoms. The molecule has 1 aromatic heterocycles. The average Bonchev–Trinajstić information content (AvgIpc) is 2.21. The molecule has 79 valence electrons. The van der Waals surface area contributed by atoms with E-state index in [-0.39, 0.29) is 6.42 Å². The maximum atomic E-state index is 10.5. The summed E-state index contributed by atoms with van der Waals surface area (Å²) < 4.78 is 4.63. The van der Waals surface area contributed by atoms with Gasteiger partial charge in [-0.15, -0.1) is 0 Å². The Balaban J connectivity index is 2.60. The molecule has 0 saturated heterocycles. The molecule has 0 fully saturated rings. The summed E-state index contributed by atoms with van der Waals surface area (Å²) in [4.78, 5) is 14.4. The maximum absolute atomic E-state index is 10.5. The van der Waals surface area contributed by atoms with Crippen molar-refractivity contribution in [3.8, 4) is 5.75 Å². The van der Waals surface area contributed by atoms with Crippen LogP contribution in [-0.2, 0) is 11.2 Å². The van der Waals surface area contributed by atoms with Crippen LogP contribution in [0.2, 0.25) is 0 Å². The minimum Gasteiger partial charge on any atom is -0.536 e. The van der Waals surface area contributed by atoms with E-state index in [0.717, 1.165) is 0 Å². The quantitative estimate of drug-likeness (QED) is 0.533. The summed E-state index contributed by atoms with van der Waals surface area (Å²) in [5.74, 6) is -0.703. The van der Waals surface area contributed by atoms with Gasteiger partial charge in [-0.05, 0) is 12.1 Å². The van der Waals surface area contributed by atoms with Crippen LogP contribution in [0.3, 0.4) is 0 Å². The Bertz CT molecular complexity index is 330. The summed E-state index contributed by atoms with van der Waals surface area (Å²) >= 11 is 0. The third-order valence-electron chi connectivity index (χ3n) is 1.73. The second kappa shape index (κ2) is 5.33. The molecular weight excluding hydrogens is 199 g/mol. The van der Waals surface area contributed by atoms with Crippen molar-refractivity contribution >= 4 is 13.7 Å². The first-order valence-electron chi connectivity index (χ1n) is 4.19. The molecule has 1 aromatic rings. The Kier molecular flexibility index (Phi) is 4.08. The molecule has 0 aromatic carbocycles. The van der Waals surface area contributed by atoms with Gasteiger partial charge in [0.2, 0.25) is 0 Å². The number of hydrogen-bond acceptors (Lipinski definition) is 5. The number of carboxylic acid groups (broad SMARTS) is 1. The lowest BCUT2D eigenvalue weighted by Crippen LogP contribution is -2.32. The Morgan fingerprint density at radius 1 is 1.67 bits per heavy atom. The summed E-state index contributed by atoms with van der Waals surface area (Å²) in [5.41, 5.74) is 5.88. The van der Waals surface area contributed by atoms with Crippen molar-refractivity contribution in [2.45, 2.75) is 12.5 Å². The highest BCUT2D eigenvalue weighted by molar-refractivity contribution is 6.17. The fourth-order valence-electron chi connectivity index (χ4n) is 0.975. The lowest BCUT2D eigenvalue weighted by molar-refractivity contribution is -0.138. The average molecular weight is 209 g/mol. The standard InChI is InChI=1S/C8H10BN2O4/c10-7(8(12)13)3-5-1-2-6(4-11-5)15-9-14/h1-2,4,7,14H,3,10H2,(H,12,13)/t7-/m0/s1. The first-order valence-corrected chi connectivity index (χ1v) is 4.19. The molecule has 6 nitrogen and oxygen atoms in total. The predicted molar refractivity (Wildman–Crippen MR) is 52.2 cm³/mol. The van der Waals surface area contributed by atoms with Crippen LogP contribution >= 0.6 is 0 Å². The second-order valence-corrected chi connectivity index (χ2v) is 2.86. The third kappa shape index (κ3) is 3.57. The van der Waals surface area contributed by atoms with Crippen molar-refractivity contribution in [1.82, 2.24) is 4.98 Å². The molecule has 0 bridgehead atoms. The normalized spacial score (nSPS) is 11.9. The van der Waals surface area contributed by atoms with E-state index in [0.29, 0.717) is 19.1 Å². The monoisotopic (exact) mass is 209 g/mol. The molecule has 15 heavy (non-hydrogen) atoms. The second-order valence-electron chi connectivity index (χ2n) is 2.86. The largest absolute Gasteiger partial charge is 0.569 e. The zero-order valence-electron chi connectivity index (χ0n) is 7.83. The molecule has 0 aliphatic rings. The van der Waals surface area contributed by atoms with Gasteiger partial charge in [0.1, 0.15) is 11.8 Å². The van der Waals surface area contributed by atoms with Gasteiger partial charge in [-0.3, -0.25) is 9.78 Å². The molecule has 0 saturated carbocycles. The SMILES string of the molecule is N[C@@H](Cc1ccc(O[B]O)cn1)C(=O)O. The third-order valence-corrected chi connectivity index (χ3v) is 1.73. The van der Waals surface area contributed by atoms with Crippen molar-refractivity contribution in [2.24, 2.45) is 5.73 Å². The number of pyridine rings is 1. The highest BCUT2D eigenvalue weighted by Crippen LogP contribution is 2.09. The van der Waals surface area contributed by atoms with Gasteiger partial charge >= 0.3 is 13.7 Å². The summed E-state index contributed by atoms with van der Waals surface area (Å²) in [6, 6.07) is 2.18. The number of aromatic nitrogens is 1. The lowest BCUT2D eigenvalue weighted by atomic mass is 10.1. The van der Waals surface area contributed by atoms with Gasteiger partial charge in [-0.25, -0.2) is 0 Å². The van der Waals surface area contributed by atoms with Gasteiger partial charge in [-0.2, -0.15) is 0 Å². The minimum absolute atomic E-state index is 0.151. The smallest absolute Gasteiger partial charge is 0.536 e. The Hall–Kier alpha value is -1.60. The van der Waals surface area contributed by atoms with Gasteiger partial charge in [0.15, 0.2) is 0 Å². The van der Waals surface area contributed by atoms with Crippen LogP contribution in [0.5, 0.6) is 5.75 Å². The summed E-state index contributed by atoms with van der Waals surface area (Å²) in [6.45, 7) is 0. The topological polar surface area (TPSA) is 106 Å². The Morgan fingerprint density at radius 3 is 2.87 bits per heavy atom. The van der Waals surface area contributed by atoms with Gasteiger partial charge in [0.05, 0.1) is 6.20 Å². The van der Waals surface area contributed by atoms with Crippen LogP contribution in [-0.4, -0.2) is 34.8 Å². The zero-order chi connectivity index (χ0) is 11.3. The van der Waals surface area contributed by atoms with Gasteiger partial charge in [-0.1, -0.05) is 0 Å². The number of hydrogen-bond donors (Lipinski definition) is 3. The number of aliphatic carboxylic acids is 1. The highest BCUT2D eigenvalue weighted by Gasteiger charge is 2.12. The van der Waals surface area contributed by atoms with Crippen LogP contribution in [0, 0.1) is 0 Å². The van der Waals surface area contributed by atoms with Crippen LogP contribution in [0.1, 0.15) is 5.69 Å².